The molecule has 2 aromatic rings. The number of halogens is 1. The van der Waals surface area contributed by atoms with Gasteiger partial charge in [0.25, 0.3) is 0 Å². The van der Waals surface area contributed by atoms with E-state index in [2.05, 4.69) is 10.0 Å². The Labute approximate surface area is 147 Å². The van der Waals surface area contributed by atoms with E-state index in [1.807, 2.05) is 19.1 Å². The van der Waals surface area contributed by atoms with Crippen LogP contribution in [0.5, 0.6) is 0 Å². The van der Waals surface area contributed by atoms with Gasteiger partial charge >= 0.3 is 0 Å². The smallest absolute Gasteiger partial charge is 0.233 e. The summed E-state index contributed by atoms with van der Waals surface area (Å²) in [5, 5.41) is 3.23. The molecule has 7 heteroatoms. The summed E-state index contributed by atoms with van der Waals surface area (Å²) in [4.78, 5) is 12.1. The summed E-state index contributed by atoms with van der Waals surface area (Å²) in [6.45, 7) is 3.49. The number of nitrogens with one attached hydrogen (secondary N) is 2. The van der Waals surface area contributed by atoms with Gasteiger partial charge in [-0.25, -0.2) is 8.42 Å². The Hall–Kier alpha value is -2.05. The van der Waals surface area contributed by atoms with Crippen LogP contribution in [-0.4, -0.2) is 20.1 Å². The molecule has 0 aliphatic carbocycles. The van der Waals surface area contributed by atoms with Crippen molar-refractivity contribution in [2.45, 2.75) is 13.8 Å². The second kappa shape index (κ2) is 7.68. The highest BCUT2D eigenvalue weighted by Gasteiger charge is 2.21. The summed E-state index contributed by atoms with van der Waals surface area (Å²) >= 11 is 5.78. The van der Waals surface area contributed by atoms with Crippen molar-refractivity contribution >= 4 is 38.9 Å². The molecule has 2 N–H and O–H groups in total. The first-order valence-electron chi connectivity index (χ1n) is 7.39. The largest absolute Gasteiger partial charge is 0.326 e. The average Bonchev–Trinajstić information content (AvgIpc) is 2.51. The number of hydrogen-bond acceptors (Lipinski definition) is 3. The summed E-state index contributed by atoms with van der Waals surface area (Å²) < 4.78 is 26.9. The highest BCUT2D eigenvalue weighted by atomic mass is 35.5. The lowest BCUT2D eigenvalue weighted by Gasteiger charge is -2.14. The highest BCUT2D eigenvalue weighted by molar-refractivity contribution is 7.92. The van der Waals surface area contributed by atoms with E-state index >= 15 is 0 Å². The lowest BCUT2D eigenvalue weighted by molar-refractivity contribution is -0.118. The van der Waals surface area contributed by atoms with Crippen molar-refractivity contribution in [1.29, 1.82) is 0 Å². The van der Waals surface area contributed by atoms with Crippen LogP contribution in [-0.2, 0) is 14.8 Å². The van der Waals surface area contributed by atoms with E-state index in [9.17, 15) is 13.2 Å². The molecule has 2 aromatic carbocycles. The molecule has 0 radical (unpaired) electrons. The molecule has 0 aliphatic rings. The number of amides is 1. The second-order valence-electron chi connectivity index (χ2n) is 5.65. The SMILES string of the molecule is Cc1ccc(NS(=O)(=O)CC(C)C(=O)Nc2ccc(Cl)cc2)cc1. The summed E-state index contributed by atoms with van der Waals surface area (Å²) in [6, 6.07) is 13.6. The molecule has 2 rings (SSSR count). The predicted octanol–water partition coefficient (Wildman–Crippen LogP) is 3.66. The quantitative estimate of drug-likeness (QED) is 0.819. The summed E-state index contributed by atoms with van der Waals surface area (Å²) in [6.07, 6.45) is 0. The number of carbonyl (C=O) groups is 1. The number of hydrogen-bond donors (Lipinski definition) is 2. The van der Waals surface area contributed by atoms with Gasteiger partial charge in [-0.15, -0.1) is 0 Å². The number of anilines is 2. The Balaban J connectivity index is 1.96. The molecule has 128 valence electrons. The number of sulfonamides is 1. The molecule has 1 atom stereocenters. The number of aryl methyl sites for hydroxylation is 1. The standard InChI is InChI=1S/C17H19ClN2O3S/c1-12-3-7-16(8-4-12)20-24(22,23)11-13(2)17(21)19-15-9-5-14(18)6-10-15/h3-10,13,20H,11H2,1-2H3,(H,19,21). The van der Waals surface area contributed by atoms with Crippen molar-refractivity contribution in [3.05, 3.63) is 59.1 Å². The predicted molar refractivity (Wildman–Crippen MR) is 97.8 cm³/mol. The van der Waals surface area contributed by atoms with E-state index in [0.717, 1.165) is 5.56 Å². The van der Waals surface area contributed by atoms with Gasteiger partial charge < -0.3 is 5.32 Å². The molecule has 1 amide bonds. The van der Waals surface area contributed by atoms with Crippen LogP contribution in [0.2, 0.25) is 5.02 Å². The molecule has 0 bridgehead atoms. The molecule has 0 saturated heterocycles. The van der Waals surface area contributed by atoms with Gasteiger partial charge in [0.15, 0.2) is 0 Å². The highest BCUT2D eigenvalue weighted by Crippen LogP contribution is 2.16. The van der Waals surface area contributed by atoms with Gasteiger partial charge in [-0.2, -0.15) is 0 Å². The third-order valence-corrected chi connectivity index (χ3v) is 5.09. The zero-order valence-electron chi connectivity index (χ0n) is 13.4. The molecule has 0 saturated carbocycles. The Morgan fingerprint density at radius 1 is 1.04 bits per heavy atom. The summed E-state index contributed by atoms with van der Waals surface area (Å²) in [7, 11) is -3.62. The first-order chi connectivity index (χ1) is 11.2. The zero-order chi connectivity index (χ0) is 17.7. The summed E-state index contributed by atoms with van der Waals surface area (Å²) in [5.74, 6) is -1.38. The van der Waals surface area contributed by atoms with E-state index in [1.165, 1.54) is 0 Å². The Morgan fingerprint density at radius 2 is 1.58 bits per heavy atom. The minimum absolute atomic E-state index is 0.305. The maximum absolute atomic E-state index is 12.2. The molecule has 0 heterocycles. The minimum Gasteiger partial charge on any atom is -0.326 e. The van der Waals surface area contributed by atoms with Crippen LogP contribution >= 0.6 is 11.6 Å². The first kappa shape index (κ1) is 18.3. The van der Waals surface area contributed by atoms with E-state index < -0.39 is 15.9 Å². The fourth-order valence-electron chi connectivity index (χ4n) is 2.05. The Morgan fingerprint density at radius 3 is 2.17 bits per heavy atom. The minimum atomic E-state index is -3.62. The Kier molecular flexibility index (Phi) is 5.85. The van der Waals surface area contributed by atoms with Crippen molar-refractivity contribution in [1.82, 2.24) is 0 Å². The molecule has 0 aliphatic heterocycles. The van der Waals surface area contributed by atoms with Crippen LogP contribution in [0.4, 0.5) is 11.4 Å². The van der Waals surface area contributed by atoms with Crippen molar-refractivity contribution in [2.24, 2.45) is 5.92 Å². The number of rotatable bonds is 6. The fraction of sp³-hybridized carbons (Fsp3) is 0.235. The lowest BCUT2D eigenvalue weighted by Crippen LogP contribution is -2.29. The van der Waals surface area contributed by atoms with Gasteiger partial charge in [0.2, 0.25) is 15.9 Å². The van der Waals surface area contributed by atoms with Gasteiger partial charge in [-0.1, -0.05) is 36.2 Å². The normalized spacial score (nSPS) is 12.5. The zero-order valence-corrected chi connectivity index (χ0v) is 15.0. The van der Waals surface area contributed by atoms with Crippen LogP contribution in [0.25, 0.3) is 0 Å². The summed E-state index contributed by atoms with van der Waals surface area (Å²) in [5.41, 5.74) is 2.08. The van der Waals surface area contributed by atoms with Gasteiger partial charge in [0.1, 0.15) is 0 Å². The monoisotopic (exact) mass is 366 g/mol. The van der Waals surface area contributed by atoms with Crippen molar-refractivity contribution in [3.8, 4) is 0 Å². The molecule has 0 spiro atoms. The maximum atomic E-state index is 12.2. The first-order valence-corrected chi connectivity index (χ1v) is 9.42. The molecular weight excluding hydrogens is 348 g/mol. The maximum Gasteiger partial charge on any atom is 0.233 e. The third kappa shape index (κ3) is 5.54. The van der Waals surface area contributed by atoms with Crippen LogP contribution in [0.1, 0.15) is 12.5 Å². The molecule has 24 heavy (non-hydrogen) atoms. The van der Waals surface area contributed by atoms with Crippen LogP contribution < -0.4 is 10.0 Å². The Bertz CT molecular complexity index is 803. The number of benzene rings is 2. The van der Waals surface area contributed by atoms with E-state index in [-0.39, 0.29) is 11.7 Å². The molecule has 0 aromatic heterocycles. The van der Waals surface area contributed by atoms with E-state index in [1.54, 1.807) is 43.3 Å². The van der Waals surface area contributed by atoms with Gasteiger partial charge in [0, 0.05) is 16.4 Å². The molecule has 1 unspecified atom stereocenters. The average molecular weight is 367 g/mol. The topological polar surface area (TPSA) is 75.3 Å². The van der Waals surface area contributed by atoms with Crippen molar-refractivity contribution in [3.63, 3.8) is 0 Å². The molecule has 5 nitrogen and oxygen atoms in total. The van der Waals surface area contributed by atoms with Crippen LogP contribution in [0, 0.1) is 12.8 Å². The van der Waals surface area contributed by atoms with Gasteiger partial charge in [0.05, 0.1) is 11.7 Å². The van der Waals surface area contributed by atoms with Crippen molar-refractivity contribution < 1.29 is 13.2 Å². The van der Waals surface area contributed by atoms with Crippen molar-refractivity contribution in [2.75, 3.05) is 15.8 Å². The molecule has 0 fully saturated rings. The second-order valence-corrected chi connectivity index (χ2v) is 7.85. The lowest BCUT2D eigenvalue weighted by atomic mass is 10.2. The third-order valence-electron chi connectivity index (χ3n) is 3.35. The van der Waals surface area contributed by atoms with Crippen LogP contribution in [0.3, 0.4) is 0 Å². The van der Waals surface area contributed by atoms with Gasteiger partial charge in [-0.3, -0.25) is 9.52 Å². The van der Waals surface area contributed by atoms with E-state index in [4.69, 9.17) is 11.6 Å². The molecular formula is C17H19ClN2O3S. The van der Waals surface area contributed by atoms with Crippen LogP contribution in [0.15, 0.2) is 48.5 Å². The fourth-order valence-corrected chi connectivity index (χ4v) is 3.56. The number of carbonyl (C=O) groups excluding carboxylic acids is 1. The van der Waals surface area contributed by atoms with E-state index in [0.29, 0.717) is 16.4 Å². The van der Waals surface area contributed by atoms with Gasteiger partial charge in [-0.05, 0) is 43.3 Å².